The quantitative estimate of drug-likeness (QED) is 0.119. The molecule has 56 heavy (non-hydrogen) atoms. The predicted molar refractivity (Wildman–Crippen MR) is 206 cm³/mol. The molecule has 6 aromatic heterocycles. The number of aliphatic hydroxyl groups excluding tert-OH is 1. The molecule has 2 aliphatic heterocycles. The van der Waals surface area contributed by atoms with Crippen LogP contribution in [0.1, 0.15) is 86.1 Å². The van der Waals surface area contributed by atoms with Crippen molar-refractivity contribution in [3.8, 4) is 0 Å². The van der Waals surface area contributed by atoms with E-state index < -0.39 is 24.0 Å². The predicted octanol–water partition coefficient (Wildman–Crippen LogP) is 3.95. The van der Waals surface area contributed by atoms with Gasteiger partial charge in [0.15, 0.2) is 11.6 Å². The number of carbonyl (C=O) groups is 6. The van der Waals surface area contributed by atoms with Crippen molar-refractivity contribution < 1.29 is 33.9 Å². The molecule has 0 spiro atoms. The van der Waals surface area contributed by atoms with E-state index in [1.54, 1.807) is 78.0 Å². The van der Waals surface area contributed by atoms with Gasteiger partial charge in [0.25, 0.3) is 0 Å². The maximum atomic E-state index is 13.0. The van der Waals surface area contributed by atoms with Crippen molar-refractivity contribution in [3.05, 3.63) is 106 Å². The van der Waals surface area contributed by atoms with Gasteiger partial charge in [0.1, 0.15) is 33.7 Å². The summed E-state index contributed by atoms with van der Waals surface area (Å²) in [7, 11) is 0. The SMILES string of the molecule is CC(C)[C@H]1C(=O)N[C@@H]1[C@@H](C)C(=O)c1cn2cnc(C(=O)c3cccnc3)c2s1.C[C@@H](O)[C@H]1C(=O)N[C@@H]1[C@@H](C)C(=O)c1cn2cnc(C(=O)c3cccnc3)c2s1. The molecular formula is C39H38N8O7S2. The Labute approximate surface area is 328 Å². The Morgan fingerprint density at radius 1 is 0.696 bits per heavy atom. The van der Waals surface area contributed by atoms with Crippen molar-refractivity contribution in [2.24, 2.45) is 29.6 Å². The second-order valence-electron chi connectivity index (χ2n) is 14.4. The molecule has 8 heterocycles. The normalized spacial score (nSPS) is 20.6. The van der Waals surface area contributed by atoms with E-state index in [9.17, 15) is 33.9 Å². The Morgan fingerprint density at radius 2 is 1.12 bits per heavy atom. The number of rotatable bonds is 12. The molecule has 2 fully saturated rings. The molecule has 288 valence electrons. The minimum Gasteiger partial charge on any atom is -0.393 e. The lowest BCUT2D eigenvalue weighted by atomic mass is 9.74. The highest BCUT2D eigenvalue weighted by Crippen LogP contribution is 2.34. The molecule has 17 heteroatoms. The zero-order chi connectivity index (χ0) is 40.0. The van der Waals surface area contributed by atoms with E-state index in [1.165, 1.54) is 41.4 Å². The van der Waals surface area contributed by atoms with Crippen LogP contribution in [0.5, 0.6) is 0 Å². The number of pyridine rings is 2. The van der Waals surface area contributed by atoms with Gasteiger partial charge in [0.2, 0.25) is 23.4 Å². The molecule has 8 rings (SSSR count). The number of imidazole rings is 2. The van der Waals surface area contributed by atoms with Crippen LogP contribution < -0.4 is 10.6 Å². The van der Waals surface area contributed by atoms with Crippen LogP contribution in [-0.2, 0) is 9.59 Å². The number of aromatic nitrogens is 6. The van der Waals surface area contributed by atoms with Crippen molar-refractivity contribution in [2.45, 2.75) is 52.8 Å². The maximum Gasteiger partial charge on any atom is 0.228 e. The van der Waals surface area contributed by atoms with Crippen LogP contribution in [0.3, 0.4) is 0 Å². The third-order valence-electron chi connectivity index (χ3n) is 10.3. The molecule has 15 nitrogen and oxygen atoms in total. The lowest BCUT2D eigenvalue weighted by molar-refractivity contribution is -0.142. The number of amides is 2. The molecule has 0 unspecified atom stereocenters. The standard InChI is InChI=1S/C20H20N4O3S.C19H18N4O4S/c1-10(2)14-15(23-19(14)27)11(3)17(25)13-8-24-9-22-16(20(24)28-13)18(26)12-5-4-6-21-7-12;1-9(14-13(10(2)24)18(27)22-14)16(25)12-7-23-8-21-15(19(23)28-12)17(26)11-4-3-5-20-6-11/h4-11,14-15H,1-3H3,(H,23,27);3-10,13-14,24H,1-2H3,(H,22,27)/t11-,14-,15-;9-,10-,13-,14-/m11/s1. The van der Waals surface area contributed by atoms with Crippen molar-refractivity contribution in [1.29, 1.82) is 0 Å². The second kappa shape index (κ2) is 15.4. The Bertz CT molecular complexity index is 2310. The van der Waals surface area contributed by atoms with Gasteiger partial charge in [-0.15, -0.1) is 22.7 Å². The van der Waals surface area contributed by atoms with E-state index in [1.807, 2.05) is 20.8 Å². The van der Waals surface area contributed by atoms with Crippen LogP contribution in [0.2, 0.25) is 0 Å². The minimum absolute atomic E-state index is 0.00696. The molecule has 0 aliphatic carbocycles. The van der Waals surface area contributed by atoms with Gasteiger partial charge in [0, 0.05) is 60.1 Å². The second-order valence-corrected chi connectivity index (χ2v) is 16.4. The molecule has 2 amide bonds. The van der Waals surface area contributed by atoms with E-state index in [2.05, 4.69) is 30.6 Å². The lowest BCUT2D eigenvalue weighted by Crippen LogP contribution is -2.65. The number of aliphatic hydroxyl groups is 1. The first-order valence-corrected chi connectivity index (χ1v) is 19.6. The van der Waals surface area contributed by atoms with E-state index in [-0.39, 0.29) is 64.4 Å². The number of ketones is 4. The van der Waals surface area contributed by atoms with Crippen LogP contribution >= 0.6 is 22.7 Å². The molecular weight excluding hydrogens is 757 g/mol. The molecule has 0 saturated carbocycles. The van der Waals surface area contributed by atoms with Crippen molar-refractivity contribution in [1.82, 2.24) is 39.4 Å². The summed E-state index contributed by atoms with van der Waals surface area (Å²) in [6.07, 6.45) is 11.7. The van der Waals surface area contributed by atoms with Gasteiger partial charge >= 0.3 is 0 Å². The Balaban J connectivity index is 0.000000172. The third kappa shape index (κ3) is 6.97. The number of Topliss-reactive ketones (excluding diaryl/α,β-unsaturated/α-hetero) is 2. The number of nitrogens with one attached hydrogen (secondary N) is 2. The Morgan fingerprint density at radius 3 is 1.48 bits per heavy atom. The summed E-state index contributed by atoms with van der Waals surface area (Å²) >= 11 is 2.44. The lowest BCUT2D eigenvalue weighted by Gasteiger charge is -2.42. The fourth-order valence-corrected chi connectivity index (χ4v) is 9.34. The summed E-state index contributed by atoms with van der Waals surface area (Å²) < 4.78 is 3.35. The maximum absolute atomic E-state index is 13.0. The van der Waals surface area contributed by atoms with Crippen LogP contribution in [0, 0.1) is 29.6 Å². The Kier molecular flexibility index (Phi) is 10.6. The van der Waals surface area contributed by atoms with Gasteiger partial charge in [-0.1, -0.05) is 27.7 Å². The van der Waals surface area contributed by atoms with Gasteiger partial charge in [0.05, 0.1) is 39.8 Å². The first-order valence-electron chi connectivity index (χ1n) is 18.0. The van der Waals surface area contributed by atoms with E-state index >= 15 is 0 Å². The van der Waals surface area contributed by atoms with Crippen LogP contribution in [-0.4, -0.2) is 87.0 Å². The van der Waals surface area contributed by atoms with Crippen LogP contribution in [0.15, 0.2) is 74.1 Å². The first-order chi connectivity index (χ1) is 26.8. The zero-order valence-electron chi connectivity index (χ0n) is 30.9. The largest absolute Gasteiger partial charge is 0.393 e. The number of β-lactam (4-membered cyclic amide) rings is 2. The summed E-state index contributed by atoms with van der Waals surface area (Å²) in [4.78, 5) is 93.4. The van der Waals surface area contributed by atoms with Crippen LogP contribution in [0.25, 0.3) is 9.66 Å². The van der Waals surface area contributed by atoms with Gasteiger partial charge in [-0.2, -0.15) is 0 Å². The average Bonchev–Trinajstić information content (AvgIpc) is 3.96. The summed E-state index contributed by atoms with van der Waals surface area (Å²) in [5, 5.41) is 15.4. The summed E-state index contributed by atoms with van der Waals surface area (Å²) in [6, 6.07) is 6.17. The van der Waals surface area contributed by atoms with E-state index in [0.29, 0.717) is 36.2 Å². The van der Waals surface area contributed by atoms with Crippen molar-refractivity contribution in [3.63, 3.8) is 0 Å². The van der Waals surface area contributed by atoms with Gasteiger partial charge in [-0.05, 0) is 37.1 Å². The number of fused-ring (bicyclic) bond motifs is 2. The number of thiazole rings is 2. The molecule has 2 aliphatic rings. The van der Waals surface area contributed by atoms with Gasteiger partial charge < -0.3 is 15.7 Å². The van der Waals surface area contributed by atoms with Crippen molar-refractivity contribution >= 4 is 67.3 Å². The highest BCUT2D eigenvalue weighted by molar-refractivity contribution is 7.20. The smallest absolute Gasteiger partial charge is 0.228 e. The molecule has 6 aromatic rings. The molecule has 0 radical (unpaired) electrons. The molecule has 3 N–H and O–H groups in total. The highest BCUT2D eigenvalue weighted by Gasteiger charge is 2.48. The topological polar surface area (TPSA) is 207 Å². The number of hydrogen-bond donors (Lipinski definition) is 3. The molecule has 2 saturated heterocycles. The van der Waals surface area contributed by atoms with Gasteiger partial charge in [-0.3, -0.25) is 47.5 Å². The number of carbonyl (C=O) groups excluding carboxylic acids is 6. The highest BCUT2D eigenvalue weighted by atomic mass is 32.1. The van der Waals surface area contributed by atoms with E-state index in [0.717, 1.165) is 0 Å². The molecule has 0 aromatic carbocycles. The monoisotopic (exact) mass is 794 g/mol. The molecule has 7 atom stereocenters. The summed E-state index contributed by atoms with van der Waals surface area (Å²) in [6.45, 7) is 9.11. The Hall–Kier alpha value is -5.78. The fourth-order valence-electron chi connectivity index (χ4n) is 7.12. The van der Waals surface area contributed by atoms with Gasteiger partial charge in [-0.25, -0.2) is 9.97 Å². The third-order valence-corrected chi connectivity index (χ3v) is 12.6. The first kappa shape index (κ1) is 38.5. The zero-order valence-corrected chi connectivity index (χ0v) is 32.6. The van der Waals surface area contributed by atoms with E-state index in [4.69, 9.17) is 0 Å². The van der Waals surface area contributed by atoms with Crippen molar-refractivity contribution in [2.75, 3.05) is 0 Å². The molecule has 0 bridgehead atoms. The number of nitrogens with zero attached hydrogens (tertiary/aromatic N) is 6. The average molecular weight is 795 g/mol. The summed E-state index contributed by atoms with van der Waals surface area (Å²) in [5.41, 5.74) is 1.45. The van der Waals surface area contributed by atoms with Crippen LogP contribution in [0.4, 0.5) is 0 Å². The summed E-state index contributed by atoms with van der Waals surface area (Å²) in [5.74, 6) is -2.29. The minimum atomic E-state index is -0.819. The fraction of sp³-hybridized carbons (Fsp3) is 0.333. The number of hydrogen-bond acceptors (Lipinski definition) is 13.